The summed E-state index contributed by atoms with van der Waals surface area (Å²) >= 11 is 0. The SMILES string of the molecule is CC[C@@H]1[C@@H](O)[C@@H](O[C@@H]2[C@@H](O)[C@@H](O[C@H]3O[C@H](CNC)CC[C@H]3N)[C@@H](N)C[C@H]2N)OC[C@]1(C)O. The van der Waals surface area contributed by atoms with Crippen molar-refractivity contribution in [1.82, 2.24) is 5.32 Å². The molecule has 11 nitrogen and oxygen atoms in total. The van der Waals surface area contributed by atoms with Crippen LogP contribution in [0.25, 0.3) is 0 Å². The molecular formula is C21H42N4O7. The second-order valence-corrected chi connectivity index (χ2v) is 9.72. The largest absolute Gasteiger partial charge is 0.388 e. The molecule has 2 heterocycles. The maximum atomic E-state index is 11.1. The highest BCUT2D eigenvalue weighted by Crippen LogP contribution is 2.35. The normalized spacial score (nSPS) is 50.3. The van der Waals surface area contributed by atoms with E-state index < -0.39 is 60.6 Å². The number of hydrogen-bond donors (Lipinski definition) is 7. The van der Waals surface area contributed by atoms with Crippen LogP contribution in [0.4, 0.5) is 0 Å². The van der Waals surface area contributed by atoms with E-state index in [0.29, 0.717) is 19.4 Å². The Hall–Kier alpha value is -0.440. The Morgan fingerprint density at radius 2 is 1.62 bits per heavy atom. The fourth-order valence-corrected chi connectivity index (χ4v) is 5.15. The third-order valence-electron chi connectivity index (χ3n) is 7.04. The van der Waals surface area contributed by atoms with Gasteiger partial charge < -0.3 is 56.8 Å². The van der Waals surface area contributed by atoms with Gasteiger partial charge in [0.25, 0.3) is 0 Å². The van der Waals surface area contributed by atoms with Crippen molar-refractivity contribution in [2.24, 2.45) is 23.1 Å². The molecule has 188 valence electrons. The second-order valence-electron chi connectivity index (χ2n) is 9.72. The minimum absolute atomic E-state index is 0.00233. The van der Waals surface area contributed by atoms with Crippen molar-refractivity contribution < 1.29 is 34.3 Å². The van der Waals surface area contributed by atoms with Gasteiger partial charge in [-0.3, -0.25) is 0 Å². The monoisotopic (exact) mass is 462 g/mol. The van der Waals surface area contributed by atoms with Crippen LogP contribution in [0.15, 0.2) is 0 Å². The zero-order chi connectivity index (χ0) is 23.6. The second kappa shape index (κ2) is 10.9. The number of likely N-dealkylation sites (N-methyl/N-ethyl adjacent to an activating group) is 1. The Morgan fingerprint density at radius 1 is 1.00 bits per heavy atom. The molecule has 1 aliphatic carbocycles. The molecule has 0 spiro atoms. The van der Waals surface area contributed by atoms with Crippen molar-refractivity contribution in [2.45, 2.75) is 106 Å². The Kier molecular flexibility index (Phi) is 8.89. The summed E-state index contributed by atoms with van der Waals surface area (Å²) in [6.45, 7) is 4.17. The van der Waals surface area contributed by atoms with Crippen LogP contribution in [0.5, 0.6) is 0 Å². The third-order valence-corrected chi connectivity index (χ3v) is 7.04. The summed E-state index contributed by atoms with van der Waals surface area (Å²) in [7, 11) is 1.85. The number of rotatable bonds is 7. The van der Waals surface area contributed by atoms with Crippen LogP contribution in [0, 0.1) is 5.92 Å². The van der Waals surface area contributed by atoms with Crippen LogP contribution in [-0.2, 0) is 18.9 Å². The molecule has 3 aliphatic rings. The van der Waals surface area contributed by atoms with Gasteiger partial charge in [-0.2, -0.15) is 0 Å². The van der Waals surface area contributed by atoms with Crippen LogP contribution in [-0.4, -0.2) is 102 Å². The summed E-state index contributed by atoms with van der Waals surface area (Å²) in [5.41, 5.74) is 17.6. The van der Waals surface area contributed by atoms with E-state index in [1.807, 2.05) is 14.0 Å². The Balaban J connectivity index is 1.67. The van der Waals surface area contributed by atoms with Gasteiger partial charge in [0, 0.05) is 24.5 Å². The average Bonchev–Trinajstić information content (AvgIpc) is 2.72. The first kappa shape index (κ1) is 26.2. The lowest BCUT2D eigenvalue weighted by molar-refractivity contribution is -0.315. The van der Waals surface area contributed by atoms with Gasteiger partial charge in [-0.1, -0.05) is 6.92 Å². The molecule has 11 heteroatoms. The maximum Gasteiger partial charge on any atom is 0.184 e. The topological polar surface area (TPSA) is 188 Å². The molecule has 3 fully saturated rings. The highest BCUT2D eigenvalue weighted by Gasteiger charge is 2.50. The molecule has 0 bridgehead atoms. The van der Waals surface area contributed by atoms with Crippen LogP contribution in [0.2, 0.25) is 0 Å². The molecule has 12 atom stereocenters. The van der Waals surface area contributed by atoms with Gasteiger partial charge in [0.15, 0.2) is 12.6 Å². The van der Waals surface area contributed by atoms with E-state index in [0.717, 1.165) is 12.8 Å². The molecule has 2 aliphatic heterocycles. The summed E-state index contributed by atoms with van der Waals surface area (Å²) in [5.74, 6) is -0.440. The standard InChI is InChI=1S/C21H42N4O7/c1-4-11-15(26)20(29-9-21(11,2)28)32-18-14(24)7-13(23)17(16(18)27)31-19-12(22)6-5-10(30-19)8-25-3/h10-20,25-28H,4-9,22-24H2,1-3H3/t10-,11+,12+,13-,14+,15+,16-,17-,18-,19+,20+,21-/m0/s1. The Morgan fingerprint density at radius 3 is 2.22 bits per heavy atom. The van der Waals surface area contributed by atoms with E-state index in [2.05, 4.69) is 5.32 Å². The average molecular weight is 463 g/mol. The molecule has 3 rings (SSSR count). The van der Waals surface area contributed by atoms with Crippen molar-refractivity contribution >= 4 is 0 Å². The molecule has 0 aromatic heterocycles. The molecule has 0 aromatic rings. The molecule has 0 amide bonds. The number of aliphatic hydroxyl groups is 3. The van der Waals surface area contributed by atoms with Crippen molar-refractivity contribution in [2.75, 3.05) is 20.2 Å². The Labute approximate surface area is 189 Å². The lowest BCUT2D eigenvalue weighted by Gasteiger charge is -2.48. The van der Waals surface area contributed by atoms with Gasteiger partial charge in [-0.25, -0.2) is 0 Å². The molecule has 32 heavy (non-hydrogen) atoms. The summed E-state index contributed by atoms with van der Waals surface area (Å²) in [5, 5.41) is 35.4. The minimum atomic E-state index is -1.17. The summed E-state index contributed by atoms with van der Waals surface area (Å²) in [6.07, 6.45) is -3.30. The van der Waals surface area contributed by atoms with E-state index >= 15 is 0 Å². The lowest BCUT2D eigenvalue weighted by Crippen LogP contribution is -2.66. The van der Waals surface area contributed by atoms with Gasteiger partial charge in [-0.05, 0) is 39.7 Å². The van der Waals surface area contributed by atoms with Crippen molar-refractivity contribution in [3.05, 3.63) is 0 Å². The van der Waals surface area contributed by atoms with Gasteiger partial charge >= 0.3 is 0 Å². The quantitative estimate of drug-likeness (QED) is 0.216. The van der Waals surface area contributed by atoms with Gasteiger partial charge in [0.2, 0.25) is 0 Å². The van der Waals surface area contributed by atoms with Crippen molar-refractivity contribution in [1.29, 1.82) is 0 Å². The molecular weight excluding hydrogens is 420 g/mol. The molecule has 10 N–H and O–H groups in total. The van der Waals surface area contributed by atoms with Gasteiger partial charge in [-0.15, -0.1) is 0 Å². The van der Waals surface area contributed by atoms with Crippen LogP contribution < -0.4 is 22.5 Å². The Bertz CT molecular complexity index is 600. The molecule has 2 saturated heterocycles. The van der Waals surface area contributed by atoms with E-state index in [9.17, 15) is 15.3 Å². The third kappa shape index (κ3) is 5.61. The number of ether oxygens (including phenoxy) is 4. The smallest absolute Gasteiger partial charge is 0.184 e. The summed E-state index contributed by atoms with van der Waals surface area (Å²) in [4.78, 5) is 0. The zero-order valence-corrected chi connectivity index (χ0v) is 19.3. The molecule has 0 radical (unpaired) electrons. The summed E-state index contributed by atoms with van der Waals surface area (Å²) < 4.78 is 23.6. The number of aliphatic hydroxyl groups excluding tert-OH is 2. The van der Waals surface area contributed by atoms with Crippen molar-refractivity contribution in [3.8, 4) is 0 Å². The first-order valence-electron chi connectivity index (χ1n) is 11.7. The highest BCUT2D eigenvalue weighted by molar-refractivity contribution is 5.00. The molecule has 0 unspecified atom stereocenters. The fourth-order valence-electron chi connectivity index (χ4n) is 5.15. The van der Waals surface area contributed by atoms with E-state index in [1.54, 1.807) is 6.92 Å². The van der Waals surface area contributed by atoms with Gasteiger partial charge in [0.05, 0.1) is 24.4 Å². The van der Waals surface area contributed by atoms with E-state index in [-0.39, 0.29) is 18.8 Å². The van der Waals surface area contributed by atoms with Gasteiger partial charge in [0.1, 0.15) is 24.4 Å². The lowest BCUT2D eigenvalue weighted by atomic mass is 9.80. The molecule has 0 aromatic carbocycles. The van der Waals surface area contributed by atoms with E-state index in [1.165, 1.54) is 0 Å². The van der Waals surface area contributed by atoms with Crippen LogP contribution in [0.1, 0.15) is 39.5 Å². The zero-order valence-electron chi connectivity index (χ0n) is 19.3. The van der Waals surface area contributed by atoms with Crippen LogP contribution in [0.3, 0.4) is 0 Å². The minimum Gasteiger partial charge on any atom is -0.388 e. The van der Waals surface area contributed by atoms with Crippen molar-refractivity contribution in [3.63, 3.8) is 0 Å². The van der Waals surface area contributed by atoms with Crippen LogP contribution >= 0.6 is 0 Å². The predicted molar refractivity (Wildman–Crippen MR) is 116 cm³/mol. The van der Waals surface area contributed by atoms with E-state index in [4.69, 9.17) is 36.1 Å². The number of hydrogen-bond acceptors (Lipinski definition) is 11. The maximum absolute atomic E-state index is 11.1. The summed E-state index contributed by atoms with van der Waals surface area (Å²) in [6, 6.07) is -1.47. The first-order chi connectivity index (χ1) is 15.1. The fraction of sp³-hybridized carbons (Fsp3) is 1.00. The number of nitrogens with one attached hydrogen (secondary N) is 1. The number of nitrogens with two attached hydrogens (primary N) is 3. The first-order valence-corrected chi connectivity index (χ1v) is 11.7. The molecule has 1 saturated carbocycles. The highest BCUT2D eigenvalue weighted by atomic mass is 16.7. The predicted octanol–water partition coefficient (Wildman–Crippen LogP) is -2.28.